The topological polar surface area (TPSA) is 54.5 Å². The number of aromatic nitrogens is 4. The van der Waals surface area contributed by atoms with E-state index in [0.29, 0.717) is 5.16 Å². The molecule has 1 N–H and O–H groups in total. The van der Waals surface area contributed by atoms with Crippen LogP contribution >= 0.6 is 23.4 Å². The minimum Gasteiger partial charge on any atom is -0.339 e. The lowest BCUT2D eigenvalue weighted by Crippen LogP contribution is -2.09. The Bertz CT molecular complexity index is 514. The van der Waals surface area contributed by atoms with E-state index in [1.165, 1.54) is 6.20 Å². The molecule has 0 aliphatic carbocycles. The fourth-order valence-corrected chi connectivity index (χ4v) is 1.97. The van der Waals surface area contributed by atoms with Gasteiger partial charge in [-0.3, -0.25) is 0 Å². The highest BCUT2D eigenvalue weighted by Gasteiger charge is 2.33. The van der Waals surface area contributed by atoms with E-state index in [2.05, 4.69) is 19.9 Å². The summed E-state index contributed by atoms with van der Waals surface area (Å²) in [5.74, 6) is 0. The molecule has 0 saturated heterocycles. The van der Waals surface area contributed by atoms with Crippen molar-refractivity contribution in [3.8, 4) is 0 Å². The third-order valence-corrected chi connectivity index (χ3v) is 2.64. The van der Waals surface area contributed by atoms with Crippen LogP contribution in [0.5, 0.6) is 0 Å². The molecule has 0 aliphatic heterocycles. The standard InChI is InChI=1S/C8H4ClF3N4S/c9-6-15-4(8(10,11)12)3-5(16-6)17-7-13-1-2-14-7/h1-3H,(H,13,14). The van der Waals surface area contributed by atoms with Crippen molar-refractivity contribution in [1.82, 2.24) is 19.9 Å². The summed E-state index contributed by atoms with van der Waals surface area (Å²) in [5.41, 5.74) is -1.08. The van der Waals surface area contributed by atoms with Gasteiger partial charge in [0.2, 0.25) is 5.28 Å². The van der Waals surface area contributed by atoms with Gasteiger partial charge in [0.15, 0.2) is 10.9 Å². The zero-order chi connectivity index (χ0) is 12.5. The highest BCUT2D eigenvalue weighted by atomic mass is 35.5. The Morgan fingerprint density at radius 3 is 2.65 bits per heavy atom. The Labute approximate surface area is 103 Å². The van der Waals surface area contributed by atoms with Crippen LogP contribution in [0, 0.1) is 0 Å². The maximum atomic E-state index is 12.4. The highest BCUT2D eigenvalue weighted by molar-refractivity contribution is 7.99. The lowest BCUT2D eigenvalue weighted by Gasteiger charge is -2.06. The Balaban J connectivity index is 2.32. The van der Waals surface area contributed by atoms with E-state index in [1.54, 1.807) is 6.20 Å². The molecule has 2 aromatic rings. The number of aromatic amines is 1. The van der Waals surface area contributed by atoms with Gasteiger partial charge in [-0.05, 0) is 23.4 Å². The van der Waals surface area contributed by atoms with Crippen LogP contribution in [0.25, 0.3) is 0 Å². The number of imidazole rings is 1. The Morgan fingerprint density at radius 1 is 1.29 bits per heavy atom. The predicted octanol–water partition coefficient (Wildman–Crippen LogP) is 3.02. The minimum atomic E-state index is -4.55. The van der Waals surface area contributed by atoms with E-state index in [4.69, 9.17) is 11.6 Å². The predicted molar refractivity (Wildman–Crippen MR) is 54.8 cm³/mol. The summed E-state index contributed by atoms with van der Waals surface area (Å²) in [4.78, 5) is 13.4. The van der Waals surface area contributed by atoms with Crippen LogP contribution in [0.15, 0.2) is 28.6 Å². The lowest BCUT2D eigenvalue weighted by molar-refractivity contribution is -0.141. The second kappa shape index (κ2) is 4.53. The molecule has 0 spiro atoms. The molecule has 9 heteroatoms. The van der Waals surface area contributed by atoms with Gasteiger partial charge in [-0.1, -0.05) is 0 Å². The number of hydrogen-bond donors (Lipinski definition) is 1. The Kier molecular flexibility index (Phi) is 3.25. The number of nitrogens with zero attached hydrogens (tertiary/aromatic N) is 3. The molecule has 2 aromatic heterocycles. The van der Waals surface area contributed by atoms with Crippen LogP contribution in [0.1, 0.15) is 5.69 Å². The Hall–Kier alpha value is -1.28. The van der Waals surface area contributed by atoms with Gasteiger partial charge in [0.25, 0.3) is 0 Å². The second-order valence-corrected chi connectivity index (χ2v) is 4.20. The quantitative estimate of drug-likeness (QED) is 0.679. The molecule has 2 rings (SSSR count). The van der Waals surface area contributed by atoms with Crippen LogP contribution in [0.3, 0.4) is 0 Å². The van der Waals surface area contributed by atoms with Crippen molar-refractivity contribution in [3.05, 3.63) is 29.4 Å². The molecule has 4 nitrogen and oxygen atoms in total. The van der Waals surface area contributed by atoms with Crippen molar-refractivity contribution < 1.29 is 13.2 Å². The van der Waals surface area contributed by atoms with E-state index in [0.717, 1.165) is 17.8 Å². The summed E-state index contributed by atoms with van der Waals surface area (Å²) in [6.45, 7) is 0. The third kappa shape index (κ3) is 3.10. The van der Waals surface area contributed by atoms with Crippen molar-refractivity contribution in [2.75, 3.05) is 0 Å². The first kappa shape index (κ1) is 12.2. The van der Waals surface area contributed by atoms with Crippen molar-refractivity contribution in [2.45, 2.75) is 16.4 Å². The van der Waals surface area contributed by atoms with Gasteiger partial charge in [-0.25, -0.2) is 15.0 Å². The molecule has 0 unspecified atom stereocenters. The van der Waals surface area contributed by atoms with Crippen molar-refractivity contribution in [3.63, 3.8) is 0 Å². The van der Waals surface area contributed by atoms with E-state index in [9.17, 15) is 13.2 Å². The molecule has 0 fully saturated rings. The summed E-state index contributed by atoms with van der Waals surface area (Å²) in [6, 6.07) is 0.819. The van der Waals surface area contributed by atoms with Gasteiger partial charge in [0, 0.05) is 18.5 Å². The monoisotopic (exact) mass is 280 g/mol. The molecule has 0 bridgehead atoms. The van der Waals surface area contributed by atoms with Crippen LogP contribution in [-0.2, 0) is 6.18 Å². The van der Waals surface area contributed by atoms with Gasteiger partial charge in [-0.15, -0.1) is 0 Å². The van der Waals surface area contributed by atoms with Crippen molar-refractivity contribution in [2.24, 2.45) is 0 Å². The first-order chi connectivity index (χ1) is 7.95. The van der Waals surface area contributed by atoms with Crippen molar-refractivity contribution >= 4 is 23.4 Å². The fraction of sp³-hybridized carbons (Fsp3) is 0.125. The average Bonchev–Trinajstić information content (AvgIpc) is 2.68. The van der Waals surface area contributed by atoms with Gasteiger partial charge in [-0.2, -0.15) is 13.2 Å². The van der Waals surface area contributed by atoms with Gasteiger partial charge in [0.1, 0.15) is 5.03 Å². The average molecular weight is 281 g/mol. The summed E-state index contributed by atoms with van der Waals surface area (Å²) >= 11 is 6.37. The van der Waals surface area contributed by atoms with Crippen LogP contribution in [-0.4, -0.2) is 19.9 Å². The molecule has 17 heavy (non-hydrogen) atoms. The molecule has 0 aliphatic rings. The van der Waals surface area contributed by atoms with Crippen LogP contribution in [0.4, 0.5) is 13.2 Å². The zero-order valence-electron chi connectivity index (χ0n) is 7.99. The highest BCUT2D eigenvalue weighted by Crippen LogP contribution is 2.32. The fourth-order valence-electron chi connectivity index (χ4n) is 1.000. The molecule has 0 radical (unpaired) electrons. The Morgan fingerprint density at radius 2 is 2.06 bits per heavy atom. The number of H-pyrrole nitrogens is 1. The summed E-state index contributed by atoms with van der Waals surface area (Å²) in [5, 5.41) is 0.0500. The van der Waals surface area contributed by atoms with E-state index >= 15 is 0 Å². The number of nitrogens with one attached hydrogen (secondary N) is 1. The maximum absolute atomic E-state index is 12.4. The molecule has 90 valence electrons. The number of halogens is 4. The molecule has 2 heterocycles. The summed E-state index contributed by atoms with van der Waals surface area (Å²) < 4.78 is 37.3. The number of alkyl halides is 3. The SMILES string of the molecule is FC(F)(F)c1cc(Sc2ncc[nH]2)nc(Cl)n1. The van der Waals surface area contributed by atoms with Crippen LogP contribution < -0.4 is 0 Å². The summed E-state index contributed by atoms with van der Waals surface area (Å²) in [6.07, 6.45) is -1.52. The van der Waals surface area contributed by atoms with Crippen molar-refractivity contribution in [1.29, 1.82) is 0 Å². The largest absolute Gasteiger partial charge is 0.433 e. The lowest BCUT2D eigenvalue weighted by atomic mass is 10.4. The zero-order valence-corrected chi connectivity index (χ0v) is 9.57. The molecular formula is C8H4ClF3N4S. The molecule has 0 saturated carbocycles. The smallest absolute Gasteiger partial charge is 0.339 e. The number of rotatable bonds is 2. The minimum absolute atomic E-state index is 0.0762. The molecule has 0 amide bonds. The van der Waals surface area contributed by atoms with E-state index in [1.807, 2.05) is 0 Å². The first-order valence-electron chi connectivity index (χ1n) is 4.24. The number of hydrogen-bond acceptors (Lipinski definition) is 4. The van der Waals surface area contributed by atoms with E-state index in [-0.39, 0.29) is 5.03 Å². The molecular weight excluding hydrogens is 277 g/mol. The second-order valence-electron chi connectivity index (χ2n) is 2.85. The molecule has 0 aromatic carbocycles. The maximum Gasteiger partial charge on any atom is 0.433 e. The van der Waals surface area contributed by atoms with Gasteiger partial charge < -0.3 is 4.98 Å². The molecule has 0 atom stereocenters. The normalized spacial score (nSPS) is 11.8. The third-order valence-electron chi connectivity index (χ3n) is 1.64. The summed E-state index contributed by atoms with van der Waals surface area (Å²) in [7, 11) is 0. The first-order valence-corrected chi connectivity index (χ1v) is 5.43. The van der Waals surface area contributed by atoms with Gasteiger partial charge in [0.05, 0.1) is 0 Å². The van der Waals surface area contributed by atoms with Crippen LogP contribution in [0.2, 0.25) is 5.28 Å². The van der Waals surface area contributed by atoms with E-state index < -0.39 is 17.2 Å². The van der Waals surface area contributed by atoms with Gasteiger partial charge >= 0.3 is 6.18 Å².